The van der Waals surface area contributed by atoms with Crippen molar-refractivity contribution in [2.24, 2.45) is 0 Å². The van der Waals surface area contributed by atoms with Gasteiger partial charge in [-0.3, -0.25) is 4.98 Å². The molecule has 6 nitrogen and oxygen atoms in total. The summed E-state index contributed by atoms with van der Waals surface area (Å²) in [6.07, 6.45) is 5.46. The van der Waals surface area contributed by atoms with E-state index in [1.165, 1.54) is 0 Å². The highest BCUT2D eigenvalue weighted by Crippen LogP contribution is 2.30. The van der Waals surface area contributed by atoms with Crippen molar-refractivity contribution in [3.05, 3.63) is 47.9 Å². The molecule has 7 heteroatoms. The molecule has 0 radical (unpaired) electrons. The average Bonchev–Trinajstić information content (AvgIpc) is 2.62. The summed E-state index contributed by atoms with van der Waals surface area (Å²) in [5.74, 6) is 1.78. The SMILES string of the molecule is CSCc1cc(Nc2ncc3ccc(C#N)c(OC(C)C)c3n2)ccn1. The molecule has 3 aromatic rings. The quantitative estimate of drug-likeness (QED) is 0.697. The topological polar surface area (TPSA) is 83.7 Å². The number of hydrogen-bond donors (Lipinski definition) is 1. The van der Waals surface area contributed by atoms with Crippen LogP contribution in [-0.2, 0) is 5.75 Å². The summed E-state index contributed by atoms with van der Waals surface area (Å²) < 4.78 is 5.85. The minimum absolute atomic E-state index is 0.0617. The van der Waals surface area contributed by atoms with E-state index in [1.54, 1.807) is 30.2 Å². The number of rotatable bonds is 6. The van der Waals surface area contributed by atoms with E-state index in [0.29, 0.717) is 22.8 Å². The van der Waals surface area contributed by atoms with Crippen molar-refractivity contribution in [1.29, 1.82) is 5.26 Å². The molecule has 0 aliphatic rings. The van der Waals surface area contributed by atoms with Crippen LogP contribution >= 0.6 is 11.8 Å². The highest BCUT2D eigenvalue weighted by molar-refractivity contribution is 7.97. The van der Waals surface area contributed by atoms with E-state index in [0.717, 1.165) is 22.5 Å². The summed E-state index contributed by atoms with van der Waals surface area (Å²) in [6.45, 7) is 3.84. The average molecular weight is 365 g/mol. The first-order valence-corrected chi connectivity index (χ1v) is 9.57. The Morgan fingerprint density at radius 3 is 2.85 bits per heavy atom. The number of nitrogens with zero attached hydrogens (tertiary/aromatic N) is 4. The van der Waals surface area contributed by atoms with Gasteiger partial charge in [-0.2, -0.15) is 17.0 Å². The van der Waals surface area contributed by atoms with Crippen LogP contribution in [0.25, 0.3) is 10.9 Å². The fourth-order valence-electron chi connectivity index (χ4n) is 2.49. The molecule has 0 amide bonds. The van der Waals surface area contributed by atoms with Crippen LogP contribution in [0.15, 0.2) is 36.7 Å². The smallest absolute Gasteiger partial charge is 0.227 e. The van der Waals surface area contributed by atoms with E-state index < -0.39 is 0 Å². The van der Waals surface area contributed by atoms with Crippen LogP contribution in [0.5, 0.6) is 5.75 Å². The van der Waals surface area contributed by atoms with Gasteiger partial charge >= 0.3 is 0 Å². The molecule has 1 aromatic carbocycles. The Labute approximate surface area is 156 Å². The predicted molar refractivity (Wildman–Crippen MR) is 105 cm³/mol. The molecule has 0 spiro atoms. The van der Waals surface area contributed by atoms with E-state index in [1.807, 2.05) is 38.3 Å². The highest BCUT2D eigenvalue weighted by atomic mass is 32.2. The molecule has 0 fully saturated rings. The number of anilines is 2. The Morgan fingerprint density at radius 2 is 2.12 bits per heavy atom. The monoisotopic (exact) mass is 365 g/mol. The molecule has 0 atom stereocenters. The first-order chi connectivity index (χ1) is 12.6. The van der Waals surface area contributed by atoms with Gasteiger partial charge in [-0.1, -0.05) is 0 Å². The summed E-state index contributed by atoms with van der Waals surface area (Å²) in [7, 11) is 0. The Bertz CT molecular complexity index is 968. The number of aromatic nitrogens is 3. The van der Waals surface area contributed by atoms with Crippen LogP contribution in [0.4, 0.5) is 11.6 Å². The highest BCUT2D eigenvalue weighted by Gasteiger charge is 2.13. The maximum absolute atomic E-state index is 9.38. The number of pyridine rings is 1. The van der Waals surface area contributed by atoms with E-state index in [2.05, 4.69) is 26.3 Å². The molecule has 3 rings (SSSR count). The summed E-state index contributed by atoms with van der Waals surface area (Å²) in [5.41, 5.74) is 2.93. The first kappa shape index (κ1) is 18.0. The molecule has 26 heavy (non-hydrogen) atoms. The molecule has 1 N–H and O–H groups in total. The summed E-state index contributed by atoms with van der Waals surface area (Å²) in [5, 5.41) is 13.4. The third kappa shape index (κ3) is 4.03. The Morgan fingerprint density at radius 1 is 1.27 bits per heavy atom. The maximum atomic E-state index is 9.38. The number of ether oxygens (including phenoxy) is 1. The zero-order chi connectivity index (χ0) is 18.5. The molecule has 0 saturated carbocycles. The van der Waals surface area contributed by atoms with E-state index in [-0.39, 0.29) is 6.10 Å². The molecule has 132 valence electrons. The van der Waals surface area contributed by atoms with Gasteiger partial charge in [0.05, 0.1) is 17.4 Å². The third-order valence-electron chi connectivity index (χ3n) is 3.55. The zero-order valence-electron chi connectivity index (χ0n) is 14.9. The van der Waals surface area contributed by atoms with Crippen LogP contribution in [0.3, 0.4) is 0 Å². The lowest BCUT2D eigenvalue weighted by atomic mass is 10.1. The van der Waals surface area contributed by atoms with Crippen molar-refractivity contribution in [1.82, 2.24) is 15.0 Å². The Balaban J connectivity index is 2.00. The fraction of sp³-hybridized carbons (Fsp3) is 0.263. The molecule has 2 aromatic heterocycles. The second kappa shape index (κ2) is 8.02. The van der Waals surface area contributed by atoms with Crippen LogP contribution in [-0.4, -0.2) is 27.3 Å². The van der Waals surface area contributed by atoms with Gasteiger partial charge in [0.25, 0.3) is 0 Å². The molecule has 0 saturated heterocycles. The van der Waals surface area contributed by atoms with E-state index in [9.17, 15) is 5.26 Å². The normalized spacial score (nSPS) is 10.7. The predicted octanol–water partition coefficient (Wildman–Crippen LogP) is 4.29. The van der Waals surface area contributed by atoms with E-state index >= 15 is 0 Å². The standard InChI is InChI=1S/C19H19N5OS/c1-12(2)25-18-13(9-20)4-5-14-10-22-19(24-17(14)18)23-15-6-7-21-16(8-15)11-26-3/h4-8,10,12H,11H2,1-3H3,(H,21,22,23,24). The number of fused-ring (bicyclic) bond motifs is 1. The van der Waals surface area contributed by atoms with Crippen molar-refractivity contribution in [3.8, 4) is 11.8 Å². The molecule has 2 heterocycles. The van der Waals surface area contributed by atoms with Crippen LogP contribution in [0.1, 0.15) is 25.1 Å². The lowest BCUT2D eigenvalue weighted by Crippen LogP contribution is -2.08. The van der Waals surface area contributed by atoms with E-state index in [4.69, 9.17) is 4.74 Å². The van der Waals surface area contributed by atoms with Crippen molar-refractivity contribution >= 4 is 34.3 Å². The zero-order valence-corrected chi connectivity index (χ0v) is 15.7. The number of nitrogens with one attached hydrogen (secondary N) is 1. The van der Waals surface area contributed by atoms with Crippen molar-refractivity contribution in [3.63, 3.8) is 0 Å². The lowest BCUT2D eigenvalue weighted by Gasteiger charge is -2.14. The van der Waals surface area contributed by atoms with Gasteiger partial charge in [0.1, 0.15) is 11.6 Å². The Hall–Kier alpha value is -2.85. The Kier molecular flexibility index (Phi) is 5.54. The van der Waals surface area contributed by atoms with Crippen molar-refractivity contribution < 1.29 is 4.74 Å². The second-order valence-corrected chi connectivity index (χ2v) is 6.81. The molecule has 0 aliphatic heterocycles. The van der Waals surface area contributed by atoms with Gasteiger partial charge in [0.15, 0.2) is 5.75 Å². The van der Waals surface area contributed by atoms with Gasteiger partial charge in [0.2, 0.25) is 5.95 Å². The maximum Gasteiger partial charge on any atom is 0.227 e. The third-order valence-corrected chi connectivity index (χ3v) is 4.13. The van der Waals surface area contributed by atoms with Gasteiger partial charge in [0, 0.05) is 29.2 Å². The molecular formula is C19H19N5OS. The van der Waals surface area contributed by atoms with Gasteiger partial charge < -0.3 is 10.1 Å². The first-order valence-electron chi connectivity index (χ1n) is 8.18. The van der Waals surface area contributed by atoms with Crippen molar-refractivity contribution in [2.45, 2.75) is 25.7 Å². The molecule has 0 unspecified atom stereocenters. The number of thioether (sulfide) groups is 1. The fourth-order valence-corrected chi connectivity index (χ4v) is 2.94. The number of benzene rings is 1. The minimum Gasteiger partial charge on any atom is -0.487 e. The second-order valence-electron chi connectivity index (χ2n) is 5.95. The largest absolute Gasteiger partial charge is 0.487 e. The minimum atomic E-state index is -0.0617. The number of hydrogen-bond acceptors (Lipinski definition) is 7. The van der Waals surface area contributed by atoms with Gasteiger partial charge in [-0.25, -0.2) is 9.97 Å². The summed E-state index contributed by atoms with van der Waals surface area (Å²) in [6, 6.07) is 9.57. The molecule has 0 bridgehead atoms. The van der Waals surface area contributed by atoms with Crippen LogP contribution < -0.4 is 10.1 Å². The van der Waals surface area contributed by atoms with Crippen molar-refractivity contribution in [2.75, 3.05) is 11.6 Å². The van der Waals surface area contributed by atoms with Gasteiger partial charge in [-0.05, 0) is 44.4 Å². The molecule has 0 aliphatic carbocycles. The van der Waals surface area contributed by atoms with Crippen LogP contribution in [0, 0.1) is 11.3 Å². The number of nitriles is 1. The van der Waals surface area contributed by atoms with Crippen LogP contribution in [0.2, 0.25) is 0 Å². The summed E-state index contributed by atoms with van der Waals surface area (Å²) >= 11 is 1.71. The van der Waals surface area contributed by atoms with Gasteiger partial charge in [-0.15, -0.1) is 0 Å². The summed E-state index contributed by atoms with van der Waals surface area (Å²) in [4.78, 5) is 13.3. The molecular weight excluding hydrogens is 346 g/mol. The lowest BCUT2D eigenvalue weighted by molar-refractivity contribution is 0.244.